The van der Waals surface area contributed by atoms with Crippen molar-refractivity contribution < 1.29 is 9.59 Å². The summed E-state index contributed by atoms with van der Waals surface area (Å²) < 4.78 is 1.65. The molecule has 0 fully saturated rings. The molecule has 5 rings (SSSR count). The number of anilines is 2. The molecule has 2 aliphatic rings. The van der Waals surface area contributed by atoms with Crippen molar-refractivity contribution in [2.75, 3.05) is 10.6 Å². The lowest BCUT2D eigenvalue weighted by atomic mass is 9.73. The number of aromatic nitrogens is 3. The number of benzene rings is 2. The van der Waals surface area contributed by atoms with Crippen LogP contribution in [-0.4, -0.2) is 26.8 Å². The van der Waals surface area contributed by atoms with Crippen molar-refractivity contribution in [2.45, 2.75) is 31.7 Å². The Labute approximate surface area is 172 Å². The van der Waals surface area contributed by atoms with Crippen molar-refractivity contribution in [3.8, 4) is 0 Å². The van der Waals surface area contributed by atoms with Gasteiger partial charge in [-0.15, -0.1) is 5.10 Å². The normalized spacial score (nSPS) is 20.8. The monoisotopic (exact) mass is 407 g/mol. The van der Waals surface area contributed by atoms with Gasteiger partial charge in [-0.3, -0.25) is 9.59 Å². The summed E-state index contributed by atoms with van der Waals surface area (Å²) in [4.78, 5) is 25.8. The van der Waals surface area contributed by atoms with E-state index in [0.717, 1.165) is 16.7 Å². The Bertz CT molecular complexity index is 1170. The van der Waals surface area contributed by atoms with Gasteiger partial charge in [0, 0.05) is 10.7 Å². The molecular formula is C21H18ClN5O2. The molecular weight excluding hydrogens is 390 g/mol. The Morgan fingerprint density at radius 1 is 1.14 bits per heavy atom. The summed E-state index contributed by atoms with van der Waals surface area (Å²) in [6, 6.07) is 13.0. The van der Waals surface area contributed by atoms with Crippen molar-refractivity contribution in [1.29, 1.82) is 0 Å². The molecule has 2 N–H and O–H groups in total. The molecule has 0 bridgehead atoms. The minimum absolute atomic E-state index is 0.00366. The summed E-state index contributed by atoms with van der Waals surface area (Å²) >= 11 is 6.00. The highest BCUT2D eigenvalue weighted by Gasteiger charge is 2.55. The second-order valence-corrected chi connectivity index (χ2v) is 8.03. The van der Waals surface area contributed by atoms with Crippen LogP contribution in [0.1, 0.15) is 41.8 Å². The summed E-state index contributed by atoms with van der Waals surface area (Å²) in [5, 5.41) is 15.1. The molecule has 1 aromatic heterocycles. The van der Waals surface area contributed by atoms with E-state index in [2.05, 4.69) is 20.9 Å². The van der Waals surface area contributed by atoms with E-state index < -0.39 is 5.41 Å². The first-order valence-electron chi connectivity index (χ1n) is 9.34. The van der Waals surface area contributed by atoms with Crippen LogP contribution in [0.2, 0.25) is 5.02 Å². The van der Waals surface area contributed by atoms with Gasteiger partial charge in [0.15, 0.2) is 5.82 Å². The SMILES string of the molecule is Cc1ccc2c(c1)C1(CC(=O)Nc3c1nnn3C(C)c1ccc(Cl)cc1)C(=O)N2. The molecule has 0 saturated carbocycles. The molecule has 1 spiro atoms. The lowest BCUT2D eigenvalue weighted by molar-refractivity contribution is -0.125. The van der Waals surface area contributed by atoms with Crippen LogP contribution in [0.5, 0.6) is 0 Å². The quantitative estimate of drug-likeness (QED) is 0.681. The second-order valence-electron chi connectivity index (χ2n) is 7.59. The number of amides is 2. The molecule has 3 heterocycles. The van der Waals surface area contributed by atoms with Crippen molar-refractivity contribution in [1.82, 2.24) is 15.0 Å². The number of hydrogen-bond acceptors (Lipinski definition) is 4. The van der Waals surface area contributed by atoms with Crippen LogP contribution in [0.3, 0.4) is 0 Å². The van der Waals surface area contributed by atoms with Gasteiger partial charge in [0.05, 0.1) is 12.5 Å². The zero-order valence-corrected chi connectivity index (χ0v) is 16.6. The number of halogens is 1. The van der Waals surface area contributed by atoms with Crippen LogP contribution in [0.15, 0.2) is 42.5 Å². The molecule has 3 aromatic rings. The number of rotatable bonds is 2. The van der Waals surface area contributed by atoms with Gasteiger partial charge in [-0.1, -0.05) is 46.6 Å². The van der Waals surface area contributed by atoms with Crippen molar-refractivity contribution >= 4 is 34.9 Å². The van der Waals surface area contributed by atoms with E-state index in [1.807, 2.05) is 44.2 Å². The third-order valence-corrected chi connectivity index (χ3v) is 6.02. The third-order valence-electron chi connectivity index (χ3n) is 5.77. The molecule has 2 unspecified atom stereocenters. The highest BCUT2D eigenvalue weighted by atomic mass is 35.5. The fourth-order valence-electron chi connectivity index (χ4n) is 4.23. The summed E-state index contributed by atoms with van der Waals surface area (Å²) in [5.74, 6) is -0.0394. The Morgan fingerprint density at radius 2 is 1.90 bits per heavy atom. The molecule has 146 valence electrons. The molecule has 7 nitrogen and oxygen atoms in total. The Morgan fingerprint density at radius 3 is 2.66 bits per heavy atom. The van der Waals surface area contributed by atoms with E-state index in [4.69, 9.17) is 11.6 Å². The molecule has 0 saturated heterocycles. The van der Waals surface area contributed by atoms with E-state index in [9.17, 15) is 9.59 Å². The van der Waals surface area contributed by atoms with Crippen LogP contribution in [0.4, 0.5) is 11.5 Å². The van der Waals surface area contributed by atoms with Gasteiger partial charge in [0.1, 0.15) is 11.1 Å². The highest BCUT2D eigenvalue weighted by molar-refractivity contribution is 6.30. The summed E-state index contributed by atoms with van der Waals surface area (Å²) in [7, 11) is 0. The summed E-state index contributed by atoms with van der Waals surface area (Å²) in [6.07, 6.45) is -0.00366. The fourth-order valence-corrected chi connectivity index (χ4v) is 4.36. The third kappa shape index (κ3) is 2.50. The number of hydrogen-bond donors (Lipinski definition) is 2. The largest absolute Gasteiger partial charge is 0.325 e. The number of nitrogens with zero attached hydrogens (tertiary/aromatic N) is 3. The Balaban J connectivity index is 1.68. The molecule has 0 radical (unpaired) electrons. The number of aryl methyl sites for hydroxylation is 1. The molecule has 2 aromatic carbocycles. The Hall–Kier alpha value is -3.19. The lowest BCUT2D eigenvalue weighted by Crippen LogP contribution is -2.44. The van der Waals surface area contributed by atoms with Gasteiger partial charge in [-0.05, 0) is 43.2 Å². The van der Waals surface area contributed by atoms with Gasteiger partial charge in [-0.2, -0.15) is 0 Å². The topological polar surface area (TPSA) is 88.9 Å². The van der Waals surface area contributed by atoms with E-state index in [0.29, 0.717) is 22.2 Å². The minimum atomic E-state index is -1.17. The average Bonchev–Trinajstić information content (AvgIpc) is 3.22. The maximum atomic E-state index is 13.1. The number of nitrogens with one attached hydrogen (secondary N) is 2. The average molecular weight is 408 g/mol. The van der Waals surface area contributed by atoms with Crippen molar-refractivity contribution in [3.63, 3.8) is 0 Å². The van der Waals surface area contributed by atoms with Crippen molar-refractivity contribution in [3.05, 3.63) is 69.9 Å². The summed E-state index contributed by atoms with van der Waals surface area (Å²) in [5.41, 5.74) is 2.75. The van der Waals surface area contributed by atoms with E-state index in [1.54, 1.807) is 16.8 Å². The first-order valence-corrected chi connectivity index (χ1v) is 9.71. The maximum Gasteiger partial charge on any atom is 0.241 e. The molecule has 2 amide bonds. The summed E-state index contributed by atoms with van der Waals surface area (Å²) in [6.45, 7) is 3.92. The van der Waals surface area contributed by atoms with E-state index in [1.165, 1.54) is 0 Å². The van der Waals surface area contributed by atoms with Gasteiger partial charge in [-0.25, -0.2) is 4.68 Å². The lowest BCUT2D eigenvalue weighted by Gasteiger charge is -2.30. The fraction of sp³-hybridized carbons (Fsp3) is 0.238. The molecule has 29 heavy (non-hydrogen) atoms. The van der Waals surface area contributed by atoms with Crippen LogP contribution in [0.25, 0.3) is 0 Å². The second kappa shape index (κ2) is 6.15. The molecule has 2 atom stereocenters. The molecule has 0 aliphatic carbocycles. The zero-order valence-electron chi connectivity index (χ0n) is 15.9. The first-order chi connectivity index (χ1) is 13.9. The standard InChI is InChI=1S/C21H18ClN5O2/c1-11-3-8-16-15(9-11)21(20(29)23-16)10-17(28)24-19-18(21)25-26-27(19)12(2)13-4-6-14(22)7-5-13/h3-9,12H,10H2,1-2H3,(H,23,29)(H,24,28). The van der Waals surface area contributed by atoms with Gasteiger partial charge in [0.25, 0.3) is 0 Å². The van der Waals surface area contributed by atoms with Gasteiger partial charge >= 0.3 is 0 Å². The van der Waals surface area contributed by atoms with Gasteiger partial charge in [0.2, 0.25) is 11.8 Å². The highest BCUT2D eigenvalue weighted by Crippen LogP contribution is 2.49. The molecule has 8 heteroatoms. The van der Waals surface area contributed by atoms with Crippen LogP contribution >= 0.6 is 11.6 Å². The van der Waals surface area contributed by atoms with Crippen LogP contribution < -0.4 is 10.6 Å². The predicted molar refractivity (Wildman–Crippen MR) is 109 cm³/mol. The maximum absolute atomic E-state index is 13.1. The predicted octanol–water partition coefficient (Wildman–Crippen LogP) is 3.43. The number of fused-ring (bicyclic) bond motifs is 4. The van der Waals surface area contributed by atoms with Gasteiger partial charge < -0.3 is 10.6 Å². The number of carbonyl (C=O) groups excluding carboxylic acids is 2. The first kappa shape index (κ1) is 17.9. The van der Waals surface area contributed by atoms with E-state index in [-0.39, 0.29) is 24.3 Å². The Kier molecular flexibility index (Phi) is 3.79. The van der Waals surface area contributed by atoms with Crippen LogP contribution in [-0.2, 0) is 15.0 Å². The molecule has 2 aliphatic heterocycles. The minimum Gasteiger partial charge on any atom is -0.325 e. The van der Waals surface area contributed by atoms with E-state index >= 15 is 0 Å². The smallest absolute Gasteiger partial charge is 0.241 e. The van der Waals surface area contributed by atoms with Crippen molar-refractivity contribution in [2.24, 2.45) is 0 Å². The number of carbonyl (C=O) groups is 2. The van der Waals surface area contributed by atoms with Crippen LogP contribution in [0, 0.1) is 6.92 Å². The zero-order chi connectivity index (χ0) is 20.3.